The van der Waals surface area contributed by atoms with Crippen LogP contribution in [0.25, 0.3) is 0 Å². The lowest BCUT2D eigenvalue weighted by atomic mass is 10.00. The molecular formula is C27H38N2O2. The summed E-state index contributed by atoms with van der Waals surface area (Å²) in [6.45, 7) is 11.4. The number of aryl methyl sites for hydroxylation is 2. The molecule has 0 heterocycles. The van der Waals surface area contributed by atoms with Gasteiger partial charge < -0.3 is 10.2 Å². The van der Waals surface area contributed by atoms with Crippen molar-refractivity contribution in [3.05, 3.63) is 70.8 Å². The number of carbonyl (C=O) groups is 2. The first-order valence-corrected chi connectivity index (χ1v) is 11.5. The van der Waals surface area contributed by atoms with E-state index in [-0.39, 0.29) is 11.8 Å². The molecule has 1 atom stereocenters. The van der Waals surface area contributed by atoms with Gasteiger partial charge >= 0.3 is 0 Å². The van der Waals surface area contributed by atoms with Crippen LogP contribution in [0.4, 0.5) is 0 Å². The van der Waals surface area contributed by atoms with Gasteiger partial charge in [0.25, 0.3) is 0 Å². The largest absolute Gasteiger partial charge is 0.354 e. The minimum absolute atomic E-state index is 0.00616. The van der Waals surface area contributed by atoms with E-state index in [1.807, 2.05) is 38.1 Å². The van der Waals surface area contributed by atoms with Gasteiger partial charge in [0.05, 0.1) is 0 Å². The van der Waals surface area contributed by atoms with Gasteiger partial charge in [-0.05, 0) is 49.3 Å². The Balaban J connectivity index is 2.08. The van der Waals surface area contributed by atoms with Gasteiger partial charge in [-0.2, -0.15) is 0 Å². The molecule has 1 unspecified atom stereocenters. The van der Waals surface area contributed by atoms with Crippen molar-refractivity contribution in [2.45, 2.75) is 78.8 Å². The van der Waals surface area contributed by atoms with E-state index in [1.54, 1.807) is 4.90 Å². The molecule has 1 N–H and O–H groups in total. The number of carbonyl (C=O) groups excluding carboxylic acids is 2. The van der Waals surface area contributed by atoms with E-state index in [0.717, 1.165) is 24.0 Å². The van der Waals surface area contributed by atoms with Crippen molar-refractivity contribution in [3.8, 4) is 0 Å². The molecule has 0 aliphatic carbocycles. The highest BCUT2D eigenvalue weighted by Crippen LogP contribution is 2.17. The highest BCUT2D eigenvalue weighted by molar-refractivity contribution is 5.87. The van der Waals surface area contributed by atoms with E-state index < -0.39 is 6.04 Å². The molecule has 2 rings (SSSR count). The lowest BCUT2D eigenvalue weighted by Crippen LogP contribution is -2.47. The second kappa shape index (κ2) is 12.3. The standard InChI is InChI=1S/C27H38N2O2/c1-6-7-18-28-27(31)22(5)29(19-24-10-8-21(4)9-11-24)26(30)17-14-23-12-15-25(16-13-23)20(2)3/h8-13,15-16,20,22H,6-7,14,17-19H2,1-5H3,(H,28,31). The molecule has 2 amide bonds. The molecule has 0 bridgehead atoms. The third-order valence-electron chi connectivity index (χ3n) is 5.74. The number of rotatable bonds is 11. The third-order valence-corrected chi connectivity index (χ3v) is 5.74. The summed E-state index contributed by atoms with van der Waals surface area (Å²) in [7, 11) is 0. The maximum Gasteiger partial charge on any atom is 0.242 e. The zero-order chi connectivity index (χ0) is 22.8. The third kappa shape index (κ3) is 7.86. The van der Waals surface area contributed by atoms with Gasteiger partial charge in [-0.15, -0.1) is 0 Å². The molecule has 2 aromatic carbocycles. The molecule has 31 heavy (non-hydrogen) atoms. The maximum atomic E-state index is 13.2. The van der Waals surface area contributed by atoms with Crippen molar-refractivity contribution in [2.24, 2.45) is 0 Å². The average Bonchev–Trinajstić information content (AvgIpc) is 2.77. The molecule has 0 radical (unpaired) electrons. The van der Waals surface area contributed by atoms with Crippen LogP contribution in [-0.2, 0) is 22.6 Å². The fraction of sp³-hybridized carbons (Fsp3) is 0.481. The van der Waals surface area contributed by atoms with Crippen molar-refractivity contribution in [1.29, 1.82) is 0 Å². The molecule has 0 aromatic heterocycles. The SMILES string of the molecule is CCCCNC(=O)C(C)N(Cc1ccc(C)cc1)C(=O)CCc1ccc(C(C)C)cc1. The molecular weight excluding hydrogens is 384 g/mol. The van der Waals surface area contributed by atoms with Crippen LogP contribution in [0, 0.1) is 6.92 Å². The van der Waals surface area contributed by atoms with Gasteiger partial charge in [-0.3, -0.25) is 9.59 Å². The molecule has 0 aliphatic heterocycles. The molecule has 0 saturated heterocycles. The van der Waals surface area contributed by atoms with Gasteiger partial charge in [0, 0.05) is 19.5 Å². The van der Waals surface area contributed by atoms with E-state index in [2.05, 4.69) is 50.4 Å². The summed E-state index contributed by atoms with van der Waals surface area (Å²) in [5.41, 5.74) is 4.66. The monoisotopic (exact) mass is 422 g/mol. The number of amides is 2. The van der Waals surface area contributed by atoms with Crippen molar-refractivity contribution in [3.63, 3.8) is 0 Å². The van der Waals surface area contributed by atoms with E-state index in [1.165, 1.54) is 11.1 Å². The summed E-state index contributed by atoms with van der Waals surface area (Å²) < 4.78 is 0. The van der Waals surface area contributed by atoms with Crippen LogP contribution in [-0.4, -0.2) is 29.3 Å². The quantitative estimate of drug-likeness (QED) is 0.494. The van der Waals surface area contributed by atoms with Crippen molar-refractivity contribution >= 4 is 11.8 Å². The van der Waals surface area contributed by atoms with Crippen molar-refractivity contribution in [1.82, 2.24) is 10.2 Å². The van der Waals surface area contributed by atoms with E-state index in [9.17, 15) is 9.59 Å². The number of nitrogens with one attached hydrogen (secondary N) is 1. The normalized spacial score (nSPS) is 11.9. The first-order chi connectivity index (χ1) is 14.8. The van der Waals surface area contributed by atoms with Gasteiger partial charge in [0.1, 0.15) is 6.04 Å². The topological polar surface area (TPSA) is 49.4 Å². The fourth-order valence-electron chi connectivity index (χ4n) is 3.47. The Hall–Kier alpha value is -2.62. The second-order valence-corrected chi connectivity index (χ2v) is 8.72. The average molecular weight is 423 g/mol. The van der Waals surface area contributed by atoms with Crippen molar-refractivity contribution in [2.75, 3.05) is 6.54 Å². The Morgan fingerprint density at radius 3 is 2.13 bits per heavy atom. The lowest BCUT2D eigenvalue weighted by Gasteiger charge is -2.29. The number of unbranched alkanes of at least 4 members (excludes halogenated alkanes) is 1. The minimum atomic E-state index is -0.506. The van der Waals surface area contributed by atoms with Gasteiger partial charge in [-0.1, -0.05) is 81.3 Å². The lowest BCUT2D eigenvalue weighted by molar-refractivity contribution is -0.140. The predicted octanol–water partition coefficient (Wildman–Crippen LogP) is 5.38. The molecule has 4 nitrogen and oxygen atoms in total. The van der Waals surface area contributed by atoms with E-state index in [0.29, 0.717) is 31.8 Å². The molecule has 0 aliphatic rings. The predicted molar refractivity (Wildman–Crippen MR) is 128 cm³/mol. The van der Waals surface area contributed by atoms with Crippen LogP contribution in [0.3, 0.4) is 0 Å². The Morgan fingerprint density at radius 2 is 1.55 bits per heavy atom. The maximum absolute atomic E-state index is 13.2. The second-order valence-electron chi connectivity index (χ2n) is 8.72. The van der Waals surface area contributed by atoms with Gasteiger partial charge in [-0.25, -0.2) is 0 Å². The number of benzene rings is 2. The van der Waals surface area contributed by atoms with E-state index >= 15 is 0 Å². The highest BCUT2D eigenvalue weighted by atomic mass is 16.2. The Kier molecular flexibility index (Phi) is 9.77. The zero-order valence-corrected chi connectivity index (χ0v) is 19.8. The van der Waals surface area contributed by atoms with Crippen LogP contribution in [0.5, 0.6) is 0 Å². The summed E-state index contributed by atoms with van der Waals surface area (Å²) in [4.78, 5) is 27.6. The number of hydrogen-bond acceptors (Lipinski definition) is 2. The van der Waals surface area contributed by atoms with Crippen LogP contribution in [0.2, 0.25) is 0 Å². The highest BCUT2D eigenvalue weighted by Gasteiger charge is 2.25. The first kappa shape index (κ1) is 24.6. The zero-order valence-electron chi connectivity index (χ0n) is 19.8. The molecule has 4 heteroatoms. The minimum Gasteiger partial charge on any atom is -0.354 e. The first-order valence-electron chi connectivity index (χ1n) is 11.5. The molecule has 0 spiro atoms. The van der Waals surface area contributed by atoms with Crippen LogP contribution < -0.4 is 5.32 Å². The van der Waals surface area contributed by atoms with Crippen LogP contribution >= 0.6 is 0 Å². The molecule has 2 aromatic rings. The fourth-order valence-corrected chi connectivity index (χ4v) is 3.47. The number of nitrogens with zero attached hydrogens (tertiary/aromatic N) is 1. The smallest absolute Gasteiger partial charge is 0.242 e. The molecule has 0 fully saturated rings. The summed E-state index contributed by atoms with van der Waals surface area (Å²) in [5, 5.41) is 2.97. The Bertz CT molecular complexity index is 825. The number of hydrogen-bond donors (Lipinski definition) is 1. The summed E-state index contributed by atoms with van der Waals surface area (Å²) in [6.07, 6.45) is 3.03. The van der Waals surface area contributed by atoms with Gasteiger partial charge in [0.2, 0.25) is 11.8 Å². The van der Waals surface area contributed by atoms with Crippen LogP contribution in [0.15, 0.2) is 48.5 Å². The van der Waals surface area contributed by atoms with Gasteiger partial charge in [0.15, 0.2) is 0 Å². The summed E-state index contributed by atoms with van der Waals surface area (Å²) in [5.74, 6) is 0.412. The summed E-state index contributed by atoms with van der Waals surface area (Å²) >= 11 is 0. The Morgan fingerprint density at radius 1 is 0.935 bits per heavy atom. The van der Waals surface area contributed by atoms with E-state index in [4.69, 9.17) is 0 Å². The van der Waals surface area contributed by atoms with Crippen LogP contribution in [0.1, 0.15) is 75.1 Å². The molecule has 0 saturated carbocycles. The van der Waals surface area contributed by atoms with Crippen molar-refractivity contribution < 1.29 is 9.59 Å². The Labute approximate surface area is 188 Å². The molecule has 168 valence electrons. The summed E-state index contributed by atoms with van der Waals surface area (Å²) in [6, 6.07) is 16.1.